The van der Waals surface area contributed by atoms with Gasteiger partial charge in [0.15, 0.2) is 5.72 Å². The van der Waals surface area contributed by atoms with E-state index < -0.39 is 11.3 Å². The fraction of sp³-hybridized carbons (Fsp3) is 0.615. The second-order valence-corrected chi connectivity index (χ2v) is 6.71. The van der Waals surface area contributed by atoms with E-state index in [0.717, 1.165) is 29.7 Å². The number of fused-ring (bicyclic) bond motifs is 4. The zero-order valence-electron chi connectivity index (χ0n) is 9.88. The summed E-state index contributed by atoms with van der Waals surface area (Å²) < 4.78 is 0.913. The van der Waals surface area contributed by atoms with Crippen LogP contribution >= 0.6 is 15.9 Å². The molecule has 5 atom stereocenters. The summed E-state index contributed by atoms with van der Waals surface area (Å²) >= 11 is 3.35. The Bertz CT molecular complexity index is 508. The summed E-state index contributed by atoms with van der Waals surface area (Å²) in [6, 6.07) is 3.80. The molecule has 96 valence electrons. The maximum absolute atomic E-state index is 10.8. The summed E-state index contributed by atoms with van der Waals surface area (Å²) in [5.74, 6) is 0.263. The van der Waals surface area contributed by atoms with Crippen LogP contribution in [-0.4, -0.2) is 44.5 Å². The van der Waals surface area contributed by atoms with Crippen molar-refractivity contribution in [3.8, 4) is 0 Å². The average molecular weight is 311 g/mol. The summed E-state index contributed by atoms with van der Waals surface area (Å²) in [6.07, 6.45) is 3.51. The first-order chi connectivity index (χ1) is 8.55. The van der Waals surface area contributed by atoms with Crippen molar-refractivity contribution in [1.82, 2.24) is 9.88 Å². The van der Waals surface area contributed by atoms with Gasteiger partial charge in [-0.1, -0.05) is 0 Å². The summed E-state index contributed by atoms with van der Waals surface area (Å²) in [5.41, 5.74) is -1.29. The van der Waals surface area contributed by atoms with Gasteiger partial charge < -0.3 is 10.2 Å². The lowest BCUT2D eigenvalue weighted by Crippen LogP contribution is -2.46. The summed E-state index contributed by atoms with van der Waals surface area (Å²) in [7, 11) is 0. The Labute approximate surface area is 114 Å². The molecular formula is C13H15BrN2O2. The van der Waals surface area contributed by atoms with Gasteiger partial charge in [-0.25, -0.2) is 0 Å². The molecule has 3 fully saturated rings. The van der Waals surface area contributed by atoms with E-state index in [4.69, 9.17) is 0 Å². The molecule has 0 aromatic carbocycles. The van der Waals surface area contributed by atoms with Crippen LogP contribution in [0, 0.1) is 5.92 Å². The molecule has 1 aromatic rings. The minimum Gasteiger partial charge on any atom is -0.384 e. The smallest absolute Gasteiger partial charge is 0.159 e. The fourth-order valence-electron chi connectivity index (χ4n) is 3.97. The molecule has 5 unspecified atom stereocenters. The second-order valence-electron chi connectivity index (χ2n) is 5.79. The Morgan fingerprint density at radius 1 is 1.39 bits per heavy atom. The number of hydrogen-bond donors (Lipinski definition) is 2. The van der Waals surface area contributed by atoms with Crippen LogP contribution in [0.25, 0.3) is 0 Å². The van der Waals surface area contributed by atoms with E-state index in [1.54, 1.807) is 6.20 Å². The third kappa shape index (κ3) is 1.18. The number of halogens is 1. The molecule has 2 bridgehead atoms. The highest BCUT2D eigenvalue weighted by molar-refractivity contribution is 9.10. The minimum absolute atomic E-state index is 0.261. The van der Waals surface area contributed by atoms with Crippen molar-refractivity contribution in [1.29, 1.82) is 0 Å². The monoisotopic (exact) mass is 310 g/mol. The summed E-state index contributed by atoms with van der Waals surface area (Å²) in [5, 5.41) is 21.5. The molecule has 3 aliphatic rings. The van der Waals surface area contributed by atoms with Crippen molar-refractivity contribution in [3.05, 3.63) is 28.5 Å². The first kappa shape index (κ1) is 11.3. The van der Waals surface area contributed by atoms with Crippen LogP contribution in [0.4, 0.5) is 0 Å². The van der Waals surface area contributed by atoms with Gasteiger partial charge in [0.25, 0.3) is 0 Å². The zero-order valence-corrected chi connectivity index (χ0v) is 11.5. The van der Waals surface area contributed by atoms with Gasteiger partial charge in [-0.3, -0.25) is 9.88 Å². The highest BCUT2D eigenvalue weighted by Crippen LogP contribution is 2.68. The van der Waals surface area contributed by atoms with Crippen LogP contribution in [-0.2, 0) is 0 Å². The number of pyridine rings is 1. The molecule has 1 aliphatic carbocycles. The molecule has 0 radical (unpaired) electrons. The minimum atomic E-state index is -1.08. The highest BCUT2D eigenvalue weighted by Gasteiger charge is 2.82. The summed E-state index contributed by atoms with van der Waals surface area (Å²) in [6.45, 7) is 1.79. The van der Waals surface area contributed by atoms with Crippen LogP contribution in [0.3, 0.4) is 0 Å². The van der Waals surface area contributed by atoms with E-state index in [1.807, 2.05) is 17.0 Å². The first-order valence-electron chi connectivity index (χ1n) is 6.37. The Hall–Kier alpha value is -0.490. The third-order valence-electron chi connectivity index (χ3n) is 4.85. The quantitative estimate of drug-likeness (QED) is 0.815. The molecule has 1 saturated carbocycles. The molecule has 0 amide bonds. The molecule has 0 spiro atoms. The molecule has 3 heterocycles. The van der Waals surface area contributed by atoms with Crippen molar-refractivity contribution in [2.45, 2.75) is 30.1 Å². The normalized spacial score (nSPS) is 48.9. The number of rotatable bonds is 1. The lowest BCUT2D eigenvalue weighted by Gasteiger charge is -2.31. The lowest BCUT2D eigenvalue weighted by molar-refractivity contribution is -0.101. The van der Waals surface area contributed by atoms with Gasteiger partial charge in [0, 0.05) is 23.8 Å². The summed E-state index contributed by atoms with van der Waals surface area (Å²) in [4.78, 5) is 6.38. The largest absolute Gasteiger partial charge is 0.384 e. The van der Waals surface area contributed by atoms with Gasteiger partial charge in [0.1, 0.15) is 5.60 Å². The van der Waals surface area contributed by atoms with E-state index in [1.165, 1.54) is 0 Å². The van der Waals surface area contributed by atoms with Gasteiger partial charge in [0.05, 0.1) is 11.6 Å². The lowest BCUT2D eigenvalue weighted by atomic mass is 9.95. The van der Waals surface area contributed by atoms with Crippen molar-refractivity contribution >= 4 is 15.9 Å². The topological polar surface area (TPSA) is 56.6 Å². The van der Waals surface area contributed by atoms with Crippen LogP contribution in [0.15, 0.2) is 22.8 Å². The molecule has 18 heavy (non-hydrogen) atoms. The highest BCUT2D eigenvalue weighted by atomic mass is 79.9. The SMILES string of the molecule is OC12CC3CCN(C3)C1(O)C2c1ccc(Br)cn1. The average Bonchev–Trinajstić information content (AvgIpc) is 2.69. The maximum atomic E-state index is 10.8. The van der Waals surface area contributed by atoms with E-state index >= 15 is 0 Å². The Morgan fingerprint density at radius 3 is 2.94 bits per heavy atom. The second kappa shape index (κ2) is 3.33. The number of piperidine rings is 1. The number of aliphatic hydroxyl groups is 2. The van der Waals surface area contributed by atoms with E-state index in [9.17, 15) is 10.2 Å². The first-order valence-corrected chi connectivity index (χ1v) is 7.16. The van der Waals surface area contributed by atoms with E-state index in [0.29, 0.717) is 12.3 Å². The van der Waals surface area contributed by atoms with E-state index in [-0.39, 0.29) is 5.92 Å². The van der Waals surface area contributed by atoms with Crippen molar-refractivity contribution < 1.29 is 10.2 Å². The van der Waals surface area contributed by atoms with Crippen LogP contribution in [0.1, 0.15) is 24.5 Å². The zero-order chi connectivity index (χ0) is 12.5. The molecular weight excluding hydrogens is 296 g/mol. The van der Waals surface area contributed by atoms with Crippen LogP contribution in [0.2, 0.25) is 0 Å². The van der Waals surface area contributed by atoms with Crippen LogP contribution < -0.4 is 0 Å². The van der Waals surface area contributed by atoms with Gasteiger partial charge in [-0.2, -0.15) is 0 Å². The van der Waals surface area contributed by atoms with Gasteiger partial charge in [-0.05, 0) is 46.8 Å². The molecule has 1 aromatic heterocycles. The maximum Gasteiger partial charge on any atom is 0.159 e. The van der Waals surface area contributed by atoms with E-state index in [2.05, 4.69) is 20.9 Å². The van der Waals surface area contributed by atoms with Crippen molar-refractivity contribution in [3.63, 3.8) is 0 Å². The molecule has 2 aliphatic heterocycles. The molecule has 4 nitrogen and oxygen atoms in total. The molecule has 2 N–H and O–H groups in total. The van der Waals surface area contributed by atoms with Crippen LogP contribution in [0.5, 0.6) is 0 Å². The Kier molecular flexibility index (Phi) is 2.10. The van der Waals surface area contributed by atoms with Crippen molar-refractivity contribution in [2.24, 2.45) is 5.92 Å². The van der Waals surface area contributed by atoms with Gasteiger partial charge >= 0.3 is 0 Å². The predicted octanol–water partition coefficient (Wildman–Crippen LogP) is 1.09. The number of hydrogen-bond acceptors (Lipinski definition) is 4. The van der Waals surface area contributed by atoms with Gasteiger partial charge in [0.2, 0.25) is 0 Å². The Balaban J connectivity index is 1.74. The molecule has 5 heteroatoms. The molecule has 4 rings (SSSR count). The standard InChI is InChI=1S/C13H15BrN2O2/c14-9-1-2-10(15-6-9)11-12(17)5-8-3-4-16(7-8)13(11,12)18/h1-2,6,8,11,17-18H,3-5,7H2. The van der Waals surface area contributed by atoms with Gasteiger partial charge in [-0.15, -0.1) is 0 Å². The number of nitrogens with zero attached hydrogens (tertiary/aromatic N) is 2. The fourth-order valence-corrected chi connectivity index (χ4v) is 4.20. The predicted molar refractivity (Wildman–Crippen MR) is 68.9 cm³/mol. The third-order valence-corrected chi connectivity index (χ3v) is 5.32. The van der Waals surface area contributed by atoms with Crippen molar-refractivity contribution in [2.75, 3.05) is 13.1 Å². The number of aromatic nitrogens is 1. The molecule has 2 saturated heterocycles. The Morgan fingerprint density at radius 2 is 2.22 bits per heavy atom.